The molecule has 0 saturated heterocycles. The van der Waals surface area contributed by atoms with Gasteiger partial charge in [-0.25, -0.2) is 4.79 Å². The molecule has 30 heavy (non-hydrogen) atoms. The van der Waals surface area contributed by atoms with Crippen molar-refractivity contribution < 1.29 is 18.4 Å². The lowest BCUT2D eigenvalue weighted by Gasteiger charge is -2.04. The van der Waals surface area contributed by atoms with Crippen molar-refractivity contribution in [3.8, 4) is 17.4 Å². The number of hydrogen-bond acceptors (Lipinski definition) is 7. The first-order chi connectivity index (χ1) is 14.4. The number of benzene rings is 1. The number of amides is 1. The third kappa shape index (κ3) is 3.47. The highest BCUT2D eigenvalue weighted by atomic mass is 16.5. The molecule has 0 radical (unpaired) electrons. The van der Waals surface area contributed by atoms with E-state index in [1.807, 2.05) is 26.0 Å². The second-order valence-corrected chi connectivity index (χ2v) is 6.77. The average molecular weight is 411 g/mol. The molecule has 3 aromatic heterocycles. The third-order valence-electron chi connectivity index (χ3n) is 4.69. The second kappa shape index (κ2) is 7.54. The van der Waals surface area contributed by atoms with Gasteiger partial charge in [-0.2, -0.15) is 9.78 Å². The molecule has 0 aliphatic carbocycles. The number of nitrogens with zero attached hydrogens (tertiary/aromatic N) is 4. The summed E-state index contributed by atoms with van der Waals surface area (Å²) in [5.41, 5.74) is 2.64. The fourth-order valence-corrected chi connectivity index (χ4v) is 3.19. The van der Waals surface area contributed by atoms with Crippen LogP contribution in [0, 0.1) is 13.8 Å². The van der Waals surface area contributed by atoms with E-state index in [2.05, 4.69) is 15.5 Å². The highest BCUT2D eigenvalue weighted by Gasteiger charge is 2.19. The van der Waals surface area contributed by atoms with Crippen LogP contribution in [-0.2, 0) is 18.4 Å². The summed E-state index contributed by atoms with van der Waals surface area (Å²) < 4.78 is 19.2. The molecule has 1 amide bonds. The van der Waals surface area contributed by atoms with Gasteiger partial charge in [-0.15, -0.1) is 5.10 Å². The molecule has 1 aromatic carbocycles. The smallest absolute Gasteiger partial charge is 0.437 e. The summed E-state index contributed by atoms with van der Waals surface area (Å²) in [4.78, 5) is 24.6. The lowest BCUT2D eigenvalue weighted by atomic mass is 10.2. The third-order valence-corrected chi connectivity index (χ3v) is 4.69. The summed E-state index contributed by atoms with van der Waals surface area (Å²) in [6.07, 6.45) is 0. The van der Waals surface area contributed by atoms with Crippen molar-refractivity contribution in [3.05, 3.63) is 46.2 Å². The largest absolute Gasteiger partial charge is 0.490 e. The van der Waals surface area contributed by atoms with Crippen molar-refractivity contribution in [1.29, 1.82) is 0 Å². The first kappa shape index (κ1) is 19.5. The Morgan fingerprint density at radius 2 is 2.03 bits per heavy atom. The Bertz CT molecular complexity index is 1290. The molecule has 156 valence electrons. The number of ether oxygens (including phenoxy) is 1. The van der Waals surface area contributed by atoms with Gasteiger partial charge in [-0.05, 0) is 32.9 Å². The fraction of sp³-hybridized carbons (Fsp3) is 0.300. The van der Waals surface area contributed by atoms with Crippen LogP contribution in [-0.4, -0.2) is 32.1 Å². The molecular formula is C20H21N5O5. The predicted octanol–water partition coefficient (Wildman–Crippen LogP) is 2.64. The fourth-order valence-electron chi connectivity index (χ4n) is 3.19. The standard InChI is InChI=1S/C20H21N5O5/c1-5-28-14-8-6-7-13-9-15(29-18(13)14)19-23-25(20(27)30-19)10-16(26)21-17-11(2)22-24(4)12(17)3/h6-9H,5,10H2,1-4H3,(H,21,26). The maximum absolute atomic E-state index is 12.4. The number of nitrogens with one attached hydrogen (secondary N) is 1. The average Bonchev–Trinajstić information content (AvgIpc) is 3.35. The van der Waals surface area contributed by atoms with E-state index in [4.69, 9.17) is 13.6 Å². The minimum Gasteiger partial charge on any atom is -0.490 e. The van der Waals surface area contributed by atoms with Crippen molar-refractivity contribution in [3.63, 3.8) is 0 Å². The predicted molar refractivity (Wildman–Crippen MR) is 108 cm³/mol. The van der Waals surface area contributed by atoms with Crippen LogP contribution in [0.3, 0.4) is 0 Å². The van der Waals surface area contributed by atoms with Gasteiger partial charge in [0, 0.05) is 12.4 Å². The molecular weight excluding hydrogens is 390 g/mol. The van der Waals surface area contributed by atoms with Crippen LogP contribution in [0.15, 0.2) is 37.9 Å². The van der Waals surface area contributed by atoms with Crippen molar-refractivity contribution >= 4 is 22.6 Å². The van der Waals surface area contributed by atoms with Gasteiger partial charge < -0.3 is 18.9 Å². The molecule has 0 aliphatic rings. The number of furan rings is 1. The SMILES string of the molecule is CCOc1cccc2cc(-c3nn(CC(=O)Nc4c(C)nn(C)c4C)c(=O)o3)oc12. The lowest BCUT2D eigenvalue weighted by Crippen LogP contribution is -2.26. The summed E-state index contributed by atoms with van der Waals surface area (Å²) in [5, 5.41) is 11.9. The van der Waals surface area contributed by atoms with E-state index >= 15 is 0 Å². The number of carbonyl (C=O) groups excluding carboxylic acids is 1. The number of fused-ring (bicyclic) bond motifs is 1. The molecule has 0 saturated carbocycles. The van der Waals surface area contributed by atoms with E-state index < -0.39 is 11.7 Å². The minimum absolute atomic E-state index is 0.0137. The maximum Gasteiger partial charge on any atom is 0.437 e. The van der Waals surface area contributed by atoms with Crippen molar-refractivity contribution in [1.82, 2.24) is 19.6 Å². The normalized spacial score (nSPS) is 11.2. The molecule has 4 aromatic rings. The summed E-state index contributed by atoms with van der Waals surface area (Å²) in [6.45, 7) is 5.70. The van der Waals surface area contributed by atoms with Crippen molar-refractivity contribution in [2.24, 2.45) is 7.05 Å². The van der Waals surface area contributed by atoms with E-state index in [0.29, 0.717) is 29.3 Å². The van der Waals surface area contributed by atoms with E-state index in [0.717, 1.165) is 15.8 Å². The molecule has 4 rings (SSSR count). The van der Waals surface area contributed by atoms with Gasteiger partial charge in [0.2, 0.25) is 5.91 Å². The highest BCUT2D eigenvalue weighted by molar-refractivity contribution is 5.91. The topological polar surface area (TPSA) is 117 Å². The number of para-hydroxylation sites is 1. The van der Waals surface area contributed by atoms with Gasteiger partial charge in [0.25, 0.3) is 5.89 Å². The molecule has 10 nitrogen and oxygen atoms in total. The lowest BCUT2D eigenvalue weighted by molar-refractivity contribution is -0.117. The van der Waals surface area contributed by atoms with E-state index in [-0.39, 0.29) is 18.2 Å². The zero-order chi connectivity index (χ0) is 21.4. The summed E-state index contributed by atoms with van der Waals surface area (Å²) in [5.74, 6) is -0.332. The Balaban J connectivity index is 1.58. The Labute approximate surface area is 171 Å². The van der Waals surface area contributed by atoms with Crippen LogP contribution < -0.4 is 15.8 Å². The number of aryl methyl sites for hydroxylation is 2. The zero-order valence-electron chi connectivity index (χ0n) is 17.1. The number of hydrogen-bond donors (Lipinski definition) is 1. The summed E-state index contributed by atoms with van der Waals surface area (Å²) in [6, 6.07) is 7.19. The number of anilines is 1. The van der Waals surface area contributed by atoms with Crippen molar-refractivity contribution in [2.75, 3.05) is 11.9 Å². The van der Waals surface area contributed by atoms with Gasteiger partial charge >= 0.3 is 5.76 Å². The maximum atomic E-state index is 12.4. The number of carbonyl (C=O) groups is 1. The van der Waals surface area contributed by atoms with E-state index in [1.165, 1.54) is 0 Å². The molecule has 0 aliphatic heterocycles. The molecule has 1 N–H and O–H groups in total. The molecule has 3 heterocycles. The first-order valence-electron chi connectivity index (χ1n) is 9.41. The number of rotatable bonds is 6. The quantitative estimate of drug-likeness (QED) is 0.518. The first-order valence-corrected chi connectivity index (χ1v) is 9.41. The van der Waals surface area contributed by atoms with Gasteiger partial charge in [0.05, 0.1) is 23.7 Å². The van der Waals surface area contributed by atoms with Crippen LogP contribution in [0.4, 0.5) is 5.69 Å². The minimum atomic E-state index is -0.759. The second-order valence-electron chi connectivity index (χ2n) is 6.77. The van der Waals surface area contributed by atoms with Crippen LogP contribution in [0.2, 0.25) is 0 Å². The molecule has 10 heteroatoms. The molecule has 0 fully saturated rings. The highest BCUT2D eigenvalue weighted by Crippen LogP contribution is 2.32. The Morgan fingerprint density at radius 1 is 1.23 bits per heavy atom. The van der Waals surface area contributed by atoms with Crippen molar-refractivity contribution in [2.45, 2.75) is 27.3 Å². The molecule has 0 bridgehead atoms. The monoisotopic (exact) mass is 411 g/mol. The Morgan fingerprint density at radius 3 is 2.73 bits per heavy atom. The number of aromatic nitrogens is 4. The molecule has 0 atom stereocenters. The van der Waals surface area contributed by atoms with Crippen LogP contribution in [0.25, 0.3) is 22.6 Å². The summed E-state index contributed by atoms with van der Waals surface area (Å²) >= 11 is 0. The Kier molecular flexibility index (Phi) is 4.90. The van der Waals surface area contributed by atoms with Crippen LogP contribution >= 0.6 is 0 Å². The Hall–Kier alpha value is -3.82. The van der Waals surface area contributed by atoms with Gasteiger partial charge in [0.15, 0.2) is 17.1 Å². The van der Waals surface area contributed by atoms with Crippen LogP contribution in [0.5, 0.6) is 5.75 Å². The summed E-state index contributed by atoms with van der Waals surface area (Å²) in [7, 11) is 1.79. The van der Waals surface area contributed by atoms with Crippen LogP contribution in [0.1, 0.15) is 18.3 Å². The molecule has 0 unspecified atom stereocenters. The van der Waals surface area contributed by atoms with Gasteiger partial charge in [0.1, 0.15) is 6.54 Å². The van der Waals surface area contributed by atoms with Gasteiger partial charge in [-0.1, -0.05) is 12.1 Å². The van der Waals surface area contributed by atoms with E-state index in [1.54, 1.807) is 30.8 Å². The molecule has 0 spiro atoms. The van der Waals surface area contributed by atoms with Gasteiger partial charge in [-0.3, -0.25) is 9.48 Å². The van der Waals surface area contributed by atoms with E-state index in [9.17, 15) is 9.59 Å². The zero-order valence-corrected chi connectivity index (χ0v) is 17.1.